The smallest absolute Gasteiger partial charge is 0.0625 e. The second-order valence-electron chi connectivity index (χ2n) is 4.46. The molecule has 2 aromatic rings. The summed E-state index contributed by atoms with van der Waals surface area (Å²) in [5.74, 6) is 0. The lowest BCUT2D eigenvalue weighted by Gasteiger charge is -2.15. The molecular formula is C14H21N3S. The van der Waals surface area contributed by atoms with Gasteiger partial charge in [0.2, 0.25) is 0 Å². The zero-order chi connectivity index (χ0) is 13.0. The van der Waals surface area contributed by atoms with Crippen LogP contribution in [0.2, 0.25) is 0 Å². The van der Waals surface area contributed by atoms with Crippen molar-refractivity contribution in [1.29, 1.82) is 0 Å². The summed E-state index contributed by atoms with van der Waals surface area (Å²) < 4.78 is 1.98. The Balaban J connectivity index is 1.99. The molecule has 2 rings (SSSR count). The Labute approximate surface area is 113 Å². The Bertz CT molecular complexity index is 473. The van der Waals surface area contributed by atoms with Crippen LogP contribution in [0.4, 0.5) is 0 Å². The maximum atomic E-state index is 4.47. The fourth-order valence-electron chi connectivity index (χ4n) is 2.07. The van der Waals surface area contributed by atoms with Gasteiger partial charge in [0.15, 0.2) is 0 Å². The molecule has 1 N–H and O–H groups in total. The minimum atomic E-state index is 0.449. The van der Waals surface area contributed by atoms with Gasteiger partial charge in [-0.15, -0.1) is 11.3 Å². The molecule has 0 aliphatic rings. The van der Waals surface area contributed by atoms with Crippen molar-refractivity contribution in [3.8, 4) is 0 Å². The summed E-state index contributed by atoms with van der Waals surface area (Å²) in [4.78, 5) is 1.41. The number of hydrogen-bond acceptors (Lipinski definition) is 3. The molecule has 18 heavy (non-hydrogen) atoms. The van der Waals surface area contributed by atoms with E-state index in [1.807, 2.05) is 23.1 Å². The van der Waals surface area contributed by atoms with Crippen LogP contribution in [0.5, 0.6) is 0 Å². The van der Waals surface area contributed by atoms with Crippen molar-refractivity contribution in [3.63, 3.8) is 0 Å². The summed E-state index contributed by atoms with van der Waals surface area (Å²) in [6.07, 6.45) is 2.11. The molecule has 0 amide bonds. The molecule has 0 aliphatic heterocycles. The van der Waals surface area contributed by atoms with Gasteiger partial charge in [0.25, 0.3) is 0 Å². The Morgan fingerprint density at radius 2 is 2.28 bits per heavy atom. The van der Waals surface area contributed by atoms with Gasteiger partial charge >= 0.3 is 0 Å². The van der Waals surface area contributed by atoms with Crippen molar-refractivity contribution in [3.05, 3.63) is 39.8 Å². The Kier molecular flexibility index (Phi) is 4.55. The first-order chi connectivity index (χ1) is 8.74. The molecule has 1 atom stereocenters. The second kappa shape index (κ2) is 6.16. The van der Waals surface area contributed by atoms with Crippen LogP contribution in [0, 0.1) is 0 Å². The highest BCUT2D eigenvalue weighted by atomic mass is 32.1. The summed E-state index contributed by atoms with van der Waals surface area (Å²) >= 11 is 1.82. The van der Waals surface area contributed by atoms with E-state index in [4.69, 9.17) is 0 Å². The van der Waals surface area contributed by atoms with Gasteiger partial charge in [-0.1, -0.05) is 19.9 Å². The molecule has 0 saturated heterocycles. The predicted octanol–water partition coefficient (Wildman–Crippen LogP) is 3.28. The molecule has 2 heterocycles. The quantitative estimate of drug-likeness (QED) is 0.866. The minimum absolute atomic E-state index is 0.449. The zero-order valence-electron chi connectivity index (χ0n) is 11.3. The highest BCUT2D eigenvalue weighted by molar-refractivity contribution is 7.10. The number of hydrogen-bond donors (Lipinski definition) is 1. The van der Waals surface area contributed by atoms with Gasteiger partial charge in [-0.3, -0.25) is 4.68 Å². The van der Waals surface area contributed by atoms with Crippen LogP contribution in [0.3, 0.4) is 0 Å². The number of nitrogens with one attached hydrogen (secondary N) is 1. The fraction of sp³-hybridized carbons (Fsp3) is 0.500. The molecule has 0 aliphatic carbocycles. The number of nitrogens with zero attached hydrogens (tertiary/aromatic N) is 2. The molecule has 1 unspecified atom stereocenters. The average Bonchev–Trinajstić information content (AvgIpc) is 3.00. The fourth-order valence-corrected chi connectivity index (χ4v) is 2.96. The molecule has 0 saturated carbocycles. The Hall–Kier alpha value is -1.13. The lowest BCUT2D eigenvalue weighted by atomic mass is 10.2. The van der Waals surface area contributed by atoms with Crippen LogP contribution >= 0.6 is 11.3 Å². The standard InChI is InChI=1S/C14H21N3S/c1-4-11-9-12(17(3)16-11)10-15-13(5-2)14-7-6-8-18-14/h6-9,13,15H,4-5,10H2,1-3H3. The molecule has 0 bridgehead atoms. The molecule has 2 aromatic heterocycles. The van der Waals surface area contributed by atoms with Crippen molar-refractivity contribution < 1.29 is 0 Å². The SMILES string of the molecule is CCc1cc(CNC(CC)c2cccs2)n(C)n1. The molecule has 0 spiro atoms. The Morgan fingerprint density at radius 1 is 1.44 bits per heavy atom. The first-order valence-electron chi connectivity index (χ1n) is 6.53. The molecule has 0 radical (unpaired) electrons. The monoisotopic (exact) mass is 263 g/mol. The lowest BCUT2D eigenvalue weighted by molar-refractivity contribution is 0.509. The normalized spacial score (nSPS) is 12.8. The second-order valence-corrected chi connectivity index (χ2v) is 5.44. The van der Waals surface area contributed by atoms with Crippen molar-refractivity contribution >= 4 is 11.3 Å². The van der Waals surface area contributed by atoms with Gasteiger partial charge in [0.1, 0.15) is 0 Å². The lowest BCUT2D eigenvalue weighted by Crippen LogP contribution is -2.20. The first-order valence-corrected chi connectivity index (χ1v) is 7.41. The van der Waals surface area contributed by atoms with Crippen molar-refractivity contribution in [2.24, 2.45) is 7.05 Å². The van der Waals surface area contributed by atoms with Crippen molar-refractivity contribution in [2.45, 2.75) is 39.3 Å². The van der Waals surface area contributed by atoms with E-state index in [9.17, 15) is 0 Å². The molecule has 0 aromatic carbocycles. The summed E-state index contributed by atoms with van der Waals surface area (Å²) in [6.45, 7) is 5.23. The summed E-state index contributed by atoms with van der Waals surface area (Å²) in [5.41, 5.74) is 2.42. The van der Waals surface area contributed by atoms with Crippen LogP contribution in [-0.4, -0.2) is 9.78 Å². The van der Waals surface area contributed by atoms with Crippen molar-refractivity contribution in [2.75, 3.05) is 0 Å². The number of thiophene rings is 1. The number of rotatable bonds is 6. The third-order valence-electron chi connectivity index (χ3n) is 3.21. The van der Waals surface area contributed by atoms with E-state index < -0.39 is 0 Å². The molecule has 0 fully saturated rings. The molecular weight excluding hydrogens is 242 g/mol. The van der Waals surface area contributed by atoms with Gasteiger partial charge in [-0.05, 0) is 30.4 Å². The molecule has 98 valence electrons. The van der Waals surface area contributed by atoms with E-state index in [2.05, 4.69) is 47.8 Å². The van der Waals surface area contributed by atoms with Gasteiger partial charge in [-0.25, -0.2) is 0 Å². The summed E-state index contributed by atoms with van der Waals surface area (Å²) in [7, 11) is 2.02. The van der Waals surface area contributed by atoms with Crippen molar-refractivity contribution in [1.82, 2.24) is 15.1 Å². The highest BCUT2D eigenvalue weighted by Crippen LogP contribution is 2.22. The summed E-state index contributed by atoms with van der Waals surface area (Å²) in [6, 6.07) is 6.95. The minimum Gasteiger partial charge on any atom is -0.304 e. The third-order valence-corrected chi connectivity index (χ3v) is 4.20. The maximum absolute atomic E-state index is 4.47. The van der Waals surface area contributed by atoms with Crippen LogP contribution in [0.25, 0.3) is 0 Å². The van der Waals surface area contributed by atoms with E-state index >= 15 is 0 Å². The number of aryl methyl sites for hydroxylation is 2. The van der Waals surface area contributed by atoms with Gasteiger partial charge in [0, 0.05) is 24.5 Å². The predicted molar refractivity (Wildman–Crippen MR) is 76.8 cm³/mol. The topological polar surface area (TPSA) is 29.9 Å². The molecule has 4 heteroatoms. The van der Waals surface area contributed by atoms with E-state index in [-0.39, 0.29) is 0 Å². The average molecular weight is 263 g/mol. The third kappa shape index (κ3) is 3.00. The van der Waals surface area contributed by atoms with E-state index in [0.717, 1.165) is 19.4 Å². The first kappa shape index (κ1) is 13.3. The van der Waals surface area contributed by atoms with Crippen LogP contribution in [-0.2, 0) is 20.0 Å². The van der Waals surface area contributed by atoms with Crippen LogP contribution < -0.4 is 5.32 Å². The highest BCUT2D eigenvalue weighted by Gasteiger charge is 2.11. The van der Waals surface area contributed by atoms with Gasteiger partial charge < -0.3 is 5.32 Å². The van der Waals surface area contributed by atoms with E-state index in [1.54, 1.807) is 0 Å². The zero-order valence-corrected chi connectivity index (χ0v) is 12.1. The summed E-state index contributed by atoms with van der Waals surface area (Å²) in [5, 5.41) is 10.2. The van der Waals surface area contributed by atoms with E-state index in [0.29, 0.717) is 6.04 Å². The van der Waals surface area contributed by atoms with Crippen LogP contribution in [0.1, 0.15) is 42.6 Å². The van der Waals surface area contributed by atoms with Crippen LogP contribution in [0.15, 0.2) is 23.6 Å². The van der Waals surface area contributed by atoms with E-state index in [1.165, 1.54) is 16.3 Å². The number of aromatic nitrogens is 2. The maximum Gasteiger partial charge on any atom is 0.0625 e. The Morgan fingerprint density at radius 3 is 2.83 bits per heavy atom. The van der Waals surface area contributed by atoms with Gasteiger partial charge in [0.05, 0.1) is 11.4 Å². The largest absolute Gasteiger partial charge is 0.304 e. The van der Waals surface area contributed by atoms with Gasteiger partial charge in [-0.2, -0.15) is 5.10 Å². The molecule has 3 nitrogen and oxygen atoms in total.